The molecule has 5 nitrogen and oxygen atoms in total. The molecule has 2 atom stereocenters. The van der Waals surface area contributed by atoms with E-state index in [1.54, 1.807) is 4.68 Å². The van der Waals surface area contributed by atoms with Gasteiger partial charge in [-0.05, 0) is 35.6 Å². The first kappa shape index (κ1) is 17.9. The van der Waals surface area contributed by atoms with Crippen molar-refractivity contribution < 1.29 is 4.79 Å². The minimum absolute atomic E-state index is 0.0978. The van der Waals surface area contributed by atoms with E-state index in [9.17, 15) is 4.79 Å². The van der Waals surface area contributed by atoms with Gasteiger partial charge >= 0.3 is 0 Å². The van der Waals surface area contributed by atoms with Crippen molar-refractivity contribution in [3.63, 3.8) is 0 Å². The molecule has 0 radical (unpaired) electrons. The molecule has 6 heteroatoms. The van der Waals surface area contributed by atoms with Crippen molar-refractivity contribution in [2.75, 3.05) is 5.32 Å². The summed E-state index contributed by atoms with van der Waals surface area (Å²) in [5.41, 5.74) is 3.86. The molecule has 1 aliphatic carbocycles. The molecule has 0 saturated heterocycles. The van der Waals surface area contributed by atoms with Crippen LogP contribution >= 0.6 is 11.6 Å². The Hall–Kier alpha value is -3.18. The van der Waals surface area contributed by atoms with Gasteiger partial charge in [-0.3, -0.25) is 4.79 Å². The molecule has 0 bridgehead atoms. The number of hydrogen-bond acceptors (Lipinski definition) is 4. The van der Waals surface area contributed by atoms with Crippen LogP contribution in [0.15, 0.2) is 78.3 Å². The minimum Gasteiger partial charge on any atom is -0.328 e. The van der Waals surface area contributed by atoms with Gasteiger partial charge in [0.2, 0.25) is 5.95 Å². The number of nitrogens with one attached hydrogen (secondary N) is 1. The molecule has 0 amide bonds. The van der Waals surface area contributed by atoms with E-state index in [2.05, 4.69) is 15.4 Å². The third kappa shape index (κ3) is 3.38. The molecule has 0 spiro atoms. The number of rotatable bonds is 3. The Kier molecular flexibility index (Phi) is 4.52. The quantitative estimate of drug-likeness (QED) is 0.668. The Morgan fingerprint density at radius 1 is 1.10 bits per heavy atom. The normalized spacial score (nSPS) is 21.1. The third-order valence-electron chi connectivity index (χ3n) is 5.49. The van der Waals surface area contributed by atoms with Crippen molar-refractivity contribution >= 4 is 29.4 Å². The van der Waals surface area contributed by atoms with Gasteiger partial charge in [0.05, 0.1) is 0 Å². The van der Waals surface area contributed by atoms with E-state index in [1.807, 2.05) is 66.7 Å². The third-order valence-corrected chi connectivity index (χ3v) is 5.73. The van der Waals surface area contributed by atoms with E-state index < -0.39 is 0 Å². The molecule has 0 saturated carbocycles. The topological polar surface area (TPSA) is 59.8 Å². The van der Waals surface area contributed by atoms with Crippen LogP contribution in [0.2, 0.25) is 5.02 Å². The molecule has 2 unspecified atom stereocenters. The Balaban J connectivity index is 1.52. The molecule has 2 aromatic carbocycles. The van der Waals surface area contributed by atoms with Crippen LogP contribution in [0.3, 0.4) is 0 Å². The van der Waals surface area contributed by atoms with Gasteiger partial charge in [0.1, 0.15) is 12.4 Å². The summed E-state index contributed by atoms with van der Waals surface area (Å²) >= 11 is 6.17. The Labute approximate surface area is 173 Å². The average Bonchev–Trinajstić information content (AvgIpc) is 3.20. The number of hydrogen-bond donors (Lipinski definition) is 1. The van der Waals surface area contributed by atoms with E-state index in [0.717, 1.165) is 28.8 Å². The van der Waals surface area contributed by atoms with E-state index in [1.165, 1.54) is 6.33 Å². The first-order chi connectivity index (χ1) is 14.2. The van der Waals surface area contributed by atoms with Gasteiger partial charge in [0.15, 0.2) is 5.78 Å². The molecule has 29 heavy (non-hydrogen) atoms. The highest BCUT2D eigenvalue weighted by Gasteiger charge is 2.37. The second kappa shape index (κ2) is 7.33. The van der Waals surface area contributed by atoms with E-state index in [4.69, 9.17) is 11.6 Å². The largest absolute Gasteiger partial charge is 0.328 e. The van der Waals surface area contributed by atoms with E-state index in [-0.39, 0.29) is 17.7 Å². The molecular formula is C23H19ClN4O. The lowest BCUT2D eigenvalue weighted by atomic mass is 9.79. The van der Waals surface area contributed by atoms with E-state index in [0.29, 0.717) is 17.4 Å². The van der Waals surface area contributed by atoms with Crippen LogP contribution in [0, 0.1) is 0 Å². The number of ketones is 1. The molecule has 2 heterocycles. The van der Waals surface area contributed by atoms with Gasteiger partial charge in [-0.15, -0.1) is 0 Å². The molecule has 0 fully saturated rings. The molecular weight excluding hydrogens is 384 g/mol. The summed E-state index contributed by atoms with van der Waals surface area (Å²) in [6.07, 6.45) is 6.78. The number of fused-ring (bicyclic) bond motifs is 1. The standard InChI is InChI=1S/C23H19ClN4O/c24-18-8-4-7-16(11-18)17-12-19-22(21(29)13-17)20(28-23(27-19)25-14-26-28)10-9-15-5-2-1-3-6-15/h1-11,14,17,20H,12-13H2,(H,25,26,27)/b10-9+. The number of allylic oxidation sites excluding steroid dienone is 3. The number of anilines is 1. The maximum absolute atomic E-state index is 13.2. The molecule has 1 aliphatic heterocycles. The van der Waals surface area contributed by atoms with Crippen LogP contribution in [-0.4, -0.2) is 20.5 Å². The fourth-order valence-electron chi connectivity index (χ4n) is 4.13. The number of benzene rings is 2. The zero-order chi connectivity index (χ0) is 19.8. The summed E-state index contributed by atoms with van der Waals surface area (Å²) in [4.78, 5) is 17.6. The van der Waals surface area contributed by atoms with Gasteiger partial charge in [-0.1, -0.05) is 66.2 Å². The van der Waals surface area contributed by atoms with Gasteiger partial charge in [-0.2, -0.15) is 10.1 Å². The molecule has 3 aromatic rings. The number of carbonyl (C=O) groups is 1. The number of nitrogens with zero attached hydrogens (tertiary/aromatic N) is 3. The first-order valence-electron chi connectivity index (χ1n) is 9.60. The lowest BCUT2D eigenvalue weighted by Crippen LogP contribution is -2.32. The maximum Gasteiger partial charge on any atom is 0.226 e. The summed E-state index contributed by atoms with van der Waals surface area (Å²) in [5.74, 6) is 0.888. The summed E-state index contributed by atoms with van der Waals surface area (Å²) < 4.78 is 1.77. The molecule has 5 rings (SSSR count). The van der Waals surface area contributed by atoms with Crippen molar-refractivity contribution in [2.45, 2.75) is 24.8 Å². The van der Waals surface area contributed by atoms with Gasteiger partial charge in [0.25, 0.3) is 0 Å². The van der Waals surface area contributed by atoms with Crippen LogP contribution in [0.1, 0.15) is 35.9 Å². The van der Waals surface area contributed by atoms with Crippen LogP contribution in [-0.2, 0) is 4.79 Å². The summed E-state index contributed by atoms with van der Waals surface area (Å²) in [6, 6.07) is 17.5. The highest BCUT2D eigenvalue weighted by molar-refractivity contribution is 6.30. The number of Topliss-reactive ketones (excluding diaryl/α,β-unsaturated/α-hetero) is 1. The van der Waals surface area contributed by atoms with Crippen molar-refractivity contribution in [3.8, 4) is 0 Å². The summed E-state index contributed by atoms with van der Waals surface area (Å²) in [7, 11) is 0. The monoisotopic (exact) mass is 402 g/mol. The number of halogens is 1. The fraction of sp³-hybridized carbons (Fsp3) is 0.174. The predicted octanol–water partition coefficient (Wildman–Crippen LogP) is 5.01. The minimum atomic E-state index is -0.267. The predicted molar refractivity (Wildman–Crippen MR) is 114 cm³/mol. The Morgan fingerprint density at radius 2 is 1.97 bits per heavy atom. The highest BCUT2D eigenvalue weighted by Crippen LogP contribution is 2.42. The van der Waals surface area contributed by atoms with Crippen LogP contribution in [0.5, 0.6) is 0 Å². The fourth-order valence-corrected chi connectivity index (χ4v) is 4.33. The molecule has 1 N–H and O–H groups in total. The number of carbonyl (C=O) groups excluding carboxylic acids is 1. The smallest absolute Gasteiger partial charge is 0.226 e. The molecule has 2 aliphatic rings. The van der Waals surface area contributed by atoms with Gasteiger partial charge in [-0.25, -0.2) is 4.68 Å². The highest BCUT2D eigenvalue weighted by atomic mass is 35.5. The second-order valence-corrected chi connectivity index (χ2v) is 7.78. The van der Waals surface area contributed by atoms with Gasteiger partial charge < -0.3 is 5.32 Å². The molecule has 1 aromatic heterocycles. The Morgan fingerprint density at radius 3 is 2.79 bits per heavy atom. The van der Waals surface area contributed by atoms with Crippen molar-refractivity contribution in [1.29, 1.82) is 0 Å². The zero-order valence-corrected chi connectivity index (χ0v) is 16.4. The Bertz CT molecular complexity index is 1130. The van der Waals surface area contributed by atoms with Crippen LogP contribution in [0.4, 0.5) is 5.95 Å². The first-order valence-corrected chi connectivity index (χ1v) is 9.98. The van der Waals surface area contributed by atoms with Crippen molar-refractivity contribution in [2.24, 2.45) is 0 Å². The summed E-state index contributed by atoms with van der Waals surface area (Å²) in [6.45, 7) is 0. The zero-order valence-electron chi connectivity index (χ0n) is 15.6. The average molecular weight is 403 g/mol. The lowest BCUT2D eigenvalue weighted by Gasteiger charge is -2.34. The van der Waals surface area contributed by atoms with Gasteiger partial charge in [0, 0.05) is 22.7 Å². The lowest BCUT2D eigenvalue weighted by molar-refractivity contribution is -0.116. The summed E-state index contributed by atoms with van der Waals surface area (Å²) in [5, 5.41) is 8.38. The van der Waals surface area contributed by atoms with Crippen LogP contribution in [0.25, 0.3) is 6.08 Å². The van der Waals surface area contributed by atoms with E-state index >= 15 is 0 Å². The van der Waals surface area contributed by atoms with Crippen molar-refractivity contribution in [1.82, 2.24) is 14.8 Å². The number of aromatic nitrogens is 3. The van der Waals surface area contributed by atoms with Crippen molar-refractivity contribution in [3.05, 3.63) is 94.4 Å². The SMILES string of the molecule is O=C1CC(c2cccc(Cl)c2)CC2=C1C(/C=C/c1ccccc1)n1ncnc1N2. The molecule has 144 valence electrons. The maximum atomic E-state index is 13.2. The second-order valence-electron chi connectivity index (χ2n) is 7.34. The van der Waals surface area contributed by atoms with Crippen LogP contribution < -0.4 is 5.32 Å².